The molecule has 0 aliphatic heterocycles. The van der Waals surface area contributed by atoms with Gasteiger partial charge in [-0.25, -0.2) is 9.97 Å². The molecule has 108 valence electrons. The van der Waals surface area contributed by atoms with E-state index in [1.165, 1.54) is 11.8 Å². The van der Waals surface area contributed by atoms with Crippen LogP contribution in [0.4, 0.5) is 11.6 Å². The van der Waals surface area contributed by atoms with Crippen LogP contribution in [0.25, 0.3) is 0 Å². The minimum Gasteiger partial charge on any atom is -0.370 e. The number of aryl methyl sites for hydroxylation is 1. The number of anilines is 2. The Morgan fingerprint density at radius 1 is 1.25 bits per heavy atom. The van der Waals surface area contributed by atoms with E-state index in [2.05, 4.69) is 32.6 Å². The molecule has 20 heavy (non-hydrogen) atoms. The lowest BCUT2D eigenvalue weighted by Crippen LogP contribution is -2.09. The van der Waals surface area contributed by atoms with Crippen LogP contribution in [-0.2, 0) is 13.5 Å². The number of thioether (sulfide) groups is 1. The van der Waals surface area contributed by atoms with Crippen LogP contribution in [0, 0.1) is 0 Å². The maximum atomic E-state index is 4.45. The van der Waals surface area contributed by atoms with Crippen LogP contribution in [-0.4, -0.2) is 39.1 Å². The van der Waals surface area contributed by atoms with Gasteiger partial charge in [-0.15, -0.1) is 0 Å². The van der Waals surface area contributed by atoms with Crippen LogP contribution >= 0.6 is 11.8 Å². The monoisotopic (exact) mass is 292 g/mol. The van der Waals surface area contributed by atoms with E-state index < -0.39 is 0 Å². The molecule has 0 spiro atoms. The highest BCUT2D eigenvalue weighted by molar-refractivity contribution is 7.98. The molecular weight excluding hydrogens is 272 g/mol. The fourth-order valence-electron chi connectivity index (χ4n) is 1.79. The summed E-state index contributed by atoms with van der Waals surface area (Å²) in [5, 5.41) is 11.7. The highest BCUT2D eigenvalue weighted by Crippen LogP contribution is 2.17. The van der Waals surface area contributed by atoms with E-state index in [0.717, 1.165) is 42.0 Å². The summed E-state index contributed by atoms with van der Waals surface area (Å²) in [4.78, 5) is 8.84. The Hall–Kier alpha value is -1.76. The molecule has 0 atom stereocenters. The van der Waals surface area contributed by atoms with Crippen LogP contribution in [0.5, 0.6) is 0 Å². The number of aromatic nitrogens is 4. The Morgan fingerprint density at radius 3 is 2.60 bits per heavy atom. The smallest absolute Gasteiger partial charge is 0.191 e. The van der Waals surface area contributed by atoms with Crippen molar-refractivity contribution in [2.24, 2.45) is 7.05 Å². The molecule has 0 saturated carbocycles. The average Bonchev–Trinajstić information content (AvgIpc) is 2.84. The van der Waals surface area contributed by atoms with Crippen molar-refractivity contribution in [1.29, 1.82) is 0 Å². The van der Waals surface area contributed by atoms with Gasteiger partial charge in [0.2, 0.25) is 0 Å². The first-order chi connectivity index (χ1) is 9.71. The molecule has 2 rings (SSSR count). The molecule has 0 unspecified atom stereocenters. The third-order valence-corrected chi connectivity index (χ3v) is 3.25. The summed E-state index contributed by atoms with van der Waals surface area (Å²) >= 11 is 1.54. The van der Waals surface area contributed by atoms with Gasteiger partial charge in [0.25, 0.3) is 0 Å². The van der Waals surface area contributed by atoms with Gasteiger partial charge in [0.15, 0.2) is 5.16 Å². The van der Waals surface area contributed by atoms with Crippen molar-refractivity contribution in [2.75, 3.05) is 30.0 Å². The fourth-order valence-corrected chi connectivity index (χ4v) is 2.17. The van der Waals surface area contributed by atoms with E-state index in [0.29, 0.717) is 0 Å². The zero-order valence-corrected chi connectivity index (χ0v) is 12.9. The lowest BCUT2D eigenvalue weighted by atomic mass is 10.3. The summed E-state index contributed by atoms with van der Waals surface area (Å²) in [7, 11) is 1.93. The Balaban J connectivity index is 1.95. The van der Waals surface area contributed by atoms with Gasteiger partial charge in [0.05, 0.1) is 5.69 Å². The zero-order valence-electron chi connectivity index (χ0n) is 12.1. The normalized spacial score (nSPS) is 10.6. The van der Waals surface area contributed by atoms with E-state index in [4.69, 9.17) is 0 Å². The molecule has 2 heterocycles. The quantitative estimate of drug-likeness (QED) is 0.601. The molecule has 0 amide bonds. The molecule has 0 bridgehead atoms. The minimum atomic E-state index is 0.767. The number of rotatable bonds is 7. The first kappa shape index (κ1) is 14.6. The van der Waals surface area contributed by atoms with Gasteiger partial charge in [-0.1, -0.05) is 11.8 Å². The predicted octanol–water partition coefficient (Wildman–Crippen LogP) is 2.02. The second-order valence-electron chi connectivity index (χ2n) is 4.31. The van der Waals surface area contributed by atoms with Crippen LogP contribution in [0.15, 0.2) is 23.5 Å². The molecule has 2 N–H and O–H groups in total. The standard InChI is InChI=1S/C13H20N6S/c1-4-14-11-9-12(17-13(16-11)20-3)15-7-5-10-6-8-19(2)18-10/h6,8-9H,4-5,7H2,1-3H3,(H2,14,15,16,17). The minimum absolute atomic E-state index is 0.767. The van der Waals surface area contributed by atoms with E-state index in [1.54, 1.807) is 0 Å². The summed E-state index contributed by atoms with van der Waals surface area (Å²) in [6, 6.07) is 3.96. The van der Waals surface area contributed by atoms with Crippen molar-refractivity contribution in [3.8, 4) is 0 Å². The zero-order chi connectivity index (χ0) is 14.4. The molecule has 0 radical (unpaired) electrons. The molecule has 0 aliphatic rings. The summed E-state index contributed by atoms with van der Waals surface area (Å²) in [5.74, 6) is 1.70. The summed E-state index contributed by atoms with van der Waals surface area (Å²) in [6.07, 6.45) is 4.80. The second kappa shape index (κ2) is 7.14. The van der Waals surface area contributed by atoms with E-state index in [9.17, 15) is 0 Å². The van der Waals surface area contributed by atoms with Gasteiger partial charge >= 0.3 is 0 Å². The first-order valence-corrected chi connectivity index (χ1v) is 7.83. The van der Waals surface area contributed by atoms with Crippen molar-refractivity contribution >= 4 is 23.4 Å². The van der Waals surface area contributed by atoms with Gasteiger partial charge in [-0.3, -0.25) is 4.68 Å². The topological polar surface area (TPSA) is 67.7 Å². The van der Waals surface area contributed by atoms with Gasteiger partial charge in [0.1, 0.15) is 11.6 Å². The maximum Gasteiger partial charge on any atom is 0.191 e. The second-order valence-corrected chi connectivity index (χ2v) is 5.09. The van der Waals surface area contributed by atoms with Crippen LogP contribution in [0.1, 0.15) is 12.6 Å². The maximum absolute atomic E-state index is 4.45. The average molecular weight is 292 g/mol. The Labute approximate surface area is 123 Å². The highest BCUT2D eigenvalue weighted by atomic mass is 32.2. The fraction of sp³-hybridized carbons (Fsp3) is 0.462. The largest absolute Gasteiger partial charge is 0.370 e. The molecule has 2 aromatic rings. The number of nitrogens with one attached hydrogen (secondary N) is 2. The predicted molar refractivity (Wildman–Crippen MR) is 83.4 cm³/mol. The van der Waals surface area contributed by atoms with E-state index >= 15 is 0 Å². The van der Waals surface area contributed by atoms with Crippen molar-refractivity contribution in [1.82, 2.24) is 19.7 Å². The van der Waals surface area contributed by atoms with Crippen LogP contribution < -0.4 is 10.6 Å². The highest BCUT2D eigenvalue weighted by Gasteiger charge is 2.04. The summed E-state index contributed by atoms with van der Waals surface area (Å²) in [5.41, 5.74) is 1.08. The van der Waals surface area contributed by atoms with Gasteiger partial charge in [-0.2, -0.15) is 5.10 Å². The SMILES string of the molecule is CCNc1cc(NCCc2ccn(C)n2)nc(SC)n1. The molecule has 0 aromatic carbocycles. The molecule has 6 nitrogen and oxygen atoms in total. The summed E-state index contributed by atoms with van der Waals surface area (Å²) < 4.78 is 1.81. The first-order valence-electron chi connectivity index (χ1n) is 6.60. The van der Waals surface area contributed by atoms with Crippen LogP contribution in [0.2, 0.25) is 0 Å². The molecular formula is C13H20N6S. The lowest BCUT2D eigenvalue weighted by Gasteiger charge is -2.09. The van der Waals surface area contributed by atoms with Crippen molar-refractivity contribution in [3.05, 3.63) is 24.0 Å². The lowest BCUT2D eigenvalue weighted by molar-refractivity contribution is 0.741. The van der Waals surface area contributed by atoms with Gasteiger partial charge in [-0.05, 0) is 19.2 Å². The number of hydrogen-bond acceptors (Lipinski definition) is 6. The van der Waals surface area contributed by atoms with Gasteiger partial charge in [0, 0.05) is 38.8 Å². The molecule has 7 heteroatoms. The summed E-state index contributed by atoms with van der Waals surface area (Å²) in [6.45, 7) is 3.70. The van der Waals surface area contributed by atoms with Gasteiger partial charge < -0.3 is 10.6 Å². The third-order valence-electron chi connectivity index (χ3n) is 2.70. The third kappa shape index (κ3) is 4.12. The number of hydrogen-bond donors (Lipinski definition) is 2. The Morgan fingerprint density at radius 2 is 2.00 bits per heavy atom. The number of nitrogens with zero attached hydrogens (tertiary/aromatic N) is 4. The molecule has 0 fully saturated rings. The van der Waals surface area contributed by atoms with E-state index in [1.807, 2.05) is 36.3 Å². The Bertz CT molecular complexity index is 554. The molecule has 0 aliphatic carbocycles. The van der Waals surface area contributed by atoms with Crippen molar-refractivity contribution in [3.63, 3.8) is 0 Å². The molecule has 0 saturated heterocycles. The Kier molecular flexibility index (Phi) is 5.23. The van der Waals surface area contributed by atoms with Crippen molar-refractivity contribution < 1.29 is 0 Å². The van der Waals surface area contributed by atoms with Crippen LogP contribution in [0.3, 0.4) is 0 Å². The molecule has 2 aromatic heterocycles. The van der Waals surface area contributed by atoms with Crippen molar-refractivity contribution in [2.45, 2.75) is 18.5 Å². The van der Waals surface area contributed by atoms with E-state index in [-0.39, 0.29) is 0 Å².